The fraction of sp³-hybridized carbons (Fsp3) is 0.320. The Bertz CT molecular complexity index is 1290. The van der Waals surface area contributed by atoms with Crippen LogP contribution in [-0.2, 0) is 16.8 Å². The molecule has 0 fully saturated rings. The maximum absolute atomic E-state index is 12.5. The number of aryl methyl sites for hydroxylation is 1. The van der Waals surface area contributed by atoms with Gasteiger partial charge in [0.05, 0.1) is 5.75 Å². The van der Waals surface area contributed by atoms with Crippen molar-refractivity contribution in [2.45, 2.75) is 51.7 Å². The lowest BCUT2D eigenvalue weighted by Crippen LogP contribution is -2.14. The van der Waals surface area contributed by atoms with E-state index in [4.69, 9.17) is 4.52 Å². The Morgan fingerprint density at radius 1 is 1.09 bits per heavy atom. The van der Waals surface area contributed by atoms with Gasteiger partial charge in [0.25, 0.3) is 0 Å². The maximum Gasteiger partial charge on any atom is 0.234 e. The number of carbonyl (C=O) groups is 1. The van der Waals surface area contributed by atoms with Gasteiger partial charge in [-0.05, 0) is 44.2 Å². The van der Waals surface area contributed by atoms with Crippen LogP contribution in [0.2, 0.25) is 0 Å². The molecule has 2 aromatic heterocycles. The number of thioether (sulfide) groups is 1. The molecule has 0 saturated heterocycles. The van der Waals surface area contributed by atoms with Crippen LogP contribution in [0.1, 0.15) is 39.1 Å². The molecule has 8 nitrogen and oxygen atoms in total. The largest absolute Gasteiger partial charge is 0.338 e. The van der Waals surface area contributed by atoms with Crippen LogP contribution in [0.15, 0.2) is 58.2 Å². The average molecular weight is 477 g/mol. The first-order chi connectivity index (χ1) is 16.2. The van der Waals surface area contributed by atoms with Crippen molar-refractivity contribution in [2.75, 3.05) is 11.1 Å². The highest BCUT2D eigenvalue weighted by Gasteiger charge is 2.22. The molecule has 1 amide bonds. The molecule has 1 N–H and O–H groups in total. The molecule has 4 aromatic rings. The van der Waals surface area contributed by atoms with E-state index >= 15 is 0 Å². The third-order valence-electron chi connectivity index (χ3n) is 5.14. The molecule has 34 heavy (non-hydrogen) atoms. The van der Waals surface area contributed by atoms with Crippen molar-refractivity contribution >= 4 is 23.4 Å². The molecule has 0 bridgehead atoms. The van der Waals surface area contributed by atoms with Gasteiger partial charge in [0.1, 0.15) is 0 Å². The van der Waals surface area contributed by atoms with Gasteiger partial charge in [0.2, 0.25) is 17.6 Å². The zero-order chi connectivity index (χ0) is 24.3. The smallest absolute Gasteiger partial charge is 0.234 e. The van der Waals surface area contributed by atoms with Gasteiger partial charge in [0.15, 0.2) is 11.0 Å². The summed E-state index contributed by atoms with van der Waals surface area (Å²) >= 11 is 1.37. The summed E-state index contributed by atoms with van der Waals surface area (Å²) < 4.78 is 7.39. The van der Waals surface area contributed by atoms with Gasteiger partial charge in [0, 0.05) is 28.8 Å². The molecule has 176 valence electrons. The van der Waals surface area contributed by atoms with E-state index < -0.39 is 0 Å². The van der Waals surface area contributed by atoms with E-state index in [1.54, 1.807) is 0 Å². The van der Waals surface area contributed by atoms with Gasteiger partial charge >= 0.3 is 0 Å². The predicted molar refractivity (Wildman–Crippen MR) is 134 cm³/mol. The van der Waals surface area contributed by atoms with Crippen LogP contribution in [0.4, 0.5) is 5.69 Å². The maximum atomic E-state index is 12.5. The lowest BCUT2D eigenvalue weighted by atomic mass is 9.97. The second-order valence-electron chi connectivity index (χ2n) is 9.01. The molecule has 0 aliphatic carbocycles. The lowest BCUT2D eigenvalue weighted by Gasteiger charge is -2.10. The van der Waals surface area contributed by atoms with E-state index in [9.17, 15) is 4.79 Å². The number of benzene rings is 2. The lowest BCUT2D eigenvalue weighted by molar-refractivity contribution is -0.113. The quantitative estimate of drug-likeness (QED) is 0.359. The summed E-state index contributed by atoms with van der Waals surface area (Å²) in [6.45, 7) is 10.9. The number of carbonyl (C=O) groups excluding carboxylic acids is 1. The summed E-state index contributed by atoms with van der Waals surface area (Å²) in [5, 5.41) is 16.4. The highest BCUT2D eigenvalue weighted by atomic mass is 32.2. The second-order valence-corrected chi connectivity index (χ2v) is 9.95. The number of hydrogen-bond acceptors (Lipinski definition) is 7. The first-order valence-electron chi connectivity index (χ1n) is 11.1. The standard InChI is InChI=1S/C25H28N6O2S/c1-6-31-22(18-9-7-8-16(2)14-18)28-29-24(31)34-15-20(32)26-19-12-10-17(11-13-19)21-27-23(33-30-21)25(3,4)5/h7-14H,6,15H2,1-5H3,(H,26,32). The SMILES string of the molecule is CCn1c(SCC(=O)Nc2ccc(-c3noc(C(C)(C)C)n3)cc2)nnc1-c1cccc(C)c1. The molecule has 0 spiro atoms. The Kier molecular flexibility index (Phi) is 6.83. The number of nitrogens with zero attached hydrogens (tertiary/aromatic N) is 5. The molecule has 4 rings (SSSR count). The van der Waals surface area contributed by atoms with Gasteiger partial charge in [-0.1, -0.05) is 61.5 Å². The fourth-order valence-electron chi connectivity index (χ4n) is 3.35. The molecule has 0 radical (unpaired) electrons. The Hall–Kier alpha value is -3.46. The van der Waals surface area contributed by atoms with E-state index in [0.29, 0.717) is 23.9 Å². The number of hydrogen-bond donors (Lipinski definition) is 1. The minimum atomic E-state index is -0.209. The Morgan fingerprint density at radius 3 is 2.50 bits per heavy atom. The topological polar surface area (TPSA) is 98.7 Å². The van der Waals surface area contributed by atoms with Gasteiger partial charge in [-0.3, -0.25) is 4.79 Å². The molecule has 0 aliphatic rings. The van der Waals surface area contributed by atoms with Gasteiger partial charge in [-0.15, -0.1) is 10.2 Å². The minimum Gasteiger partial charge on any atom is -0.338 e. The third-order valence-corrected chi connectivity index (χ3v) is 6.10. The average Bonchev–Trinajstić information content (AvgIpc) is 3.45. The first kappa shape index (κ1) is 23.7. The summed E-state index contributed by atoms with van der Waals surface area (Å²) in [7, 11) is 0. The van der Waals surface area contributed by atoms with Gasteiger partial charge < -0.3 is 14.4 Å². The van der Waals surface area contributed by atoms with E-state index in [1.807, 2.05) is 81.7 Å². The first-order valence-corrected chi connectivity index (χ1v) is 12.1. The van der Waals surface area contributed by atoms with Crippen LogP contribution in [-0.4, -0.2) is 36.6 Å². The van der Waals surface area contributed by atoms with Crippen LogP contribution in [0, 0.1) is 6.92 Å². The number of aromatic nitrogens is 5. The highest BCUT2D eigenvalue weighted by Crippen LogP contribution is 2.26. The van der Waals surface area contributed by atoms with Crippen molar-refractivity contribution in [2.24, 2.45) is 0 Å². The van der Waals surface area contributed by atoms with Gasteiger partial charge in [-0.2, -0.15) is 4.98 Å². The molecular weight excluding hydrogens is 448 g/mol. The van der Waals surface area contributed by atoms with Gasteiger partial charge in [-0.25, -0.2) is 0 Å². The molecule has 2 heterocycles. The number of amides is 1. The van der Waals surface area contributed by atoms with Crippen molar-refractivity contribution in [1.29, 1.82) is 0 Å². The van der Waals surface area contributed by atoms with Crippen LogP contribution in [0.3, 0.4) is 0 Å². The van der Waals surface area contributed by atoms with Crippen molar-refractivity contribution in [3.05, 3.63) is 60.0 Å². The van der Waals surface area contributed by atoms with E-state index in [2.05, 4.69) is 31.7 Å². The van der Waals surface area contributed by atoms with E-state index in [0.717, 1.165) is 27.7 Å². The summed E-state index contributed by atoms with van der Waals surface area (Å²) in [5.74, 6) is 2.04. The van der Waals surface area contributed by atoms with Crippen LogP contribution < -0.4 is 5.32 Å². The normalized spacial score (nSPS) is 11.6. The third kappa shape index (κ3) is 5.36. The summed E-state index contributed by atoms with van der Waals surface area (Å²) in [6.07, 6.45) is 0. The molecule has 0 aliphatic heterocycles. The predicted octanol–water partition coefficient (Wildman–Crippen LogP) is 5.35. The molecule has 0 unspecified atom stereocenters. The summed E-state index contributed by atoms with van der Waals surface area (Å²) in [5.41, 5.74) is 3.50. The van der Waals surface area contributed by atoms with Crippen LogP contribution in [0.25, 0.3) is 22.8 Å². The molecule has 0 atom stereocenters. The van der Waals surface area contributed by atoms with E-state index in [-0.39, 0.29) is 17.1 Å². The Labute approximate surface area is 203 Å². The fourth-order valence-corrected chi connectivity index (χ4v) is 4.16. The molecule has 9 heteroatoms. The Balaban J connectivity index is 1.38. The van der Waals surface area contributed by atoms with Crippen LogP contribution in [0.5, 0.6) is 0 Å². The highest BCUT2D eigenvalue weighted by molar-refractivity contribution is 7.99. The van der Waals surface area contributed by atoms with Crippen molar-refractivity contribution in [1.82, 2.24) is 24.9 Å². The summed E-state index contributed by atoms with van der Waals surface area (Å²) in [6, 6.07) is 15.5. The molecule has 2 aromatic carbocycles. The zero-order valence-electron chi connectivity index (χ0n) is 20.0. The number of rotatable bonds is 7. The molecule has 0 saturated carbocycles. The van der Waals surface area contributed by atoms with Crippen molar-refractivity contribution in [3.8, 4) is 22.8 Å². The van der Waals surface area contributed by atoms with Crippen LogP contribution >= 0.6 is 11.8 Å². The minimum absolute atomic E-state index is 0.116. The zero-order valence-corrected chi connectivity index (χ0v) is 20.8. The summed E-state index contributed by atoms with van der Waals surface area (Å²) in [4.78, 5) is 17.0. The monoisotopic (exact) mass is 476 g/mol. The number of anilines is 1. The van der Waals surface area contributed by atoms with Crippen molar-refractivity contribution in [3.63, 3.8) is 0 Å². The number of nitrogens with one attached hydrogen (secondary N) is 1. The van der Waals surface area contributed by atoms with E-state index in [1.165, 1.54) is 11.8 Å². The Morgan fingerprint density at radius 2 is 1.85 bits per heavy atom. The van der Waals surface area contributed by atoms with Crippen molar-refractivity contribution < 1.29 is 9.32 Å². The second kappa shape index (κ2) is 9.80. The molecular formula is C25H28N6O2S.